The fraction of sp³-hybridized carbons (Fsp3) is 0.391. The number of allylic oxidation sites excluding steroid dienone is 4. The molecule has 0 saturated carbocycles. The molecule has 2 aromatic rings. The lowest BCUT2D eigenvalue weighted by atomic mass is 9.85. The Morgan fingerprint density at radius 3 is 2.73 bits per heavy atom. The fourth-order valence-electron chi connectivity index (χ4n) is 4.12. The third-order valence-corrected chi connectivity index (χ3v) is 5.62. The number of aromatic nitrogens is 2. The maximum absolute atomic E-state index is 8.91. The van der Waals surface area contributed by atoms with Crippen molar-refractivity contribution in [2.75, 3.05) is 0 Å². The third kappa shape index (κ3) is 3.57. The van der Waals surface area contributed by atoms with Crippen LogP contribution in [0.15, 0.2) is 42.7 Å². The summed E-state index contributed by atoms with van der Waals surface area (Å²) < 4.78 is 0. The van der Waals surface area contributed by atoms with Crippen molar-refractivity contribution in [1.29, 1.82) is 5.41 Å². The van der Waals surface area contributed by atoms with Crippen LogP contribution in [0.4, 0.5) is 0 Å². The van der Waals surface area contributed by atoms with Crippen molar-refractivity contribution in [2.45, 2.75) is 52.9 Å². The summed E-state index contributed by atoms with van der Waals surface area (Å²) in [4.78, 5) is 0. The molecule has 136 valence electrons. The molecule has 1 atom stereocenters. The highest BCUT2D eigenvalue weighted by molar-refractivity contribution is 6.43. The van der Waals surface area contributed by atoms with Crippen LogP contribution in [-0.4, -0.2) is 15.9 Å². The summed E-state index contributed by atoms with van der Waals surface area (Å²) >= 11 is 0. The number of aromatic amines is 1. The molecule has 1 aliphatic rings. The highest BCUT2D eigenvalue weighted by Gasteiger charge is 2.22. The summed E-state index contributed by atoms with van der Waals surface area (Å²) in [6.45, 7) is 6.33. The molecule has 3 rings (SSSR count). The van der Waals surface area contributed by atoms with E-state index in [4.69, 9.17) is 5.41 Å². The molecule has 26 heavy (non-hydrogen) atoms. The number of rotatable bonds is 5. The van der Waals surface area contributed by atoms with Crippen molar-refractivity contribution in [1.82, 2.24) is 10.2 Å². The molecule has 1 heterocycles. The van der Waals surface area contributed by atoms with Crippen LogP contribution in [0.25, 0.3) is 11.1 Å². The smallest absolute Gasteiger partial charge is 0.0691 e. The predicted molar refractivity (Wildman–Crippen MR) is 110 cm³/mol. The molecule has 0 spiro atoms. The number of hydrogen-bond donors (Lipinski definition) is 2. The monoisotopic (exact) mass is 347 g/mol. The van der Waals surface area contributed by atoms with Crippen LogP contribution in [0.2, 0.25) is 0 Å². The average molecular weight is 348 g/mol. The van der Waals surface area contributed by atoms with Gasteiger partial charge in [-0.1, -0.05) is 43.7 Å². The second kappa shape index (κ2) is 8.31. The van der Waals surface area contributed by atoms with Gasteiger partial charge in [0.05, 0.1) is 11.9 Å². The molecular weight excluding hydrogens is 318 g/mol. The molecule has 1 aromatic carbocycles. The Morgan fingerprint density at radius 1 is 1.27 bits per heavy atom. The maximum Gasteiger partial charge on any atom is 0.0691 e. The molecule has 0 fully saturated rings. The second-order valence-electron chi connectivity index (χ2n) is 7.08. The molecular formula is C23H29N3. The van der Waals surface area contributed by atoms with Crippen LogP contribution in [0.3, 0.4) is 0 Å². The van der Waals surface area contributed by atoms with Gasteiger partial charge < -0.3 is 0 Å². The van der Waals surface area contributed by atoms with Gasteiger partial charge in [-0.3, -0.25) is 10.5 Å². The van der Waals surface area contributed by atoms with Gasteiger partial charge in [-0.25, -0.2) is 0 Å². The Kier molecular flexibility index (Phi) is 5.87. The van der Waals surface area contributed by atoms with E-state index in [1.54, 1.807) is 6.20 Å². The Bertz CT molecular complexity index is 825. The number of aryl methyl sites for hydroxylation is 1. The average Bonchev–Trinajstić information content (AvgIpc) is 3.09. The van der Waals surface area contributed by atoms with E-state index in [0.717, 1.165) is 35.5 Å². The van der Waals surface area contributed by atoms with E-state index in [0.29, 0.717) is 5.71 Å². The fourth-order valence-corrected chi connectivity index (χ4v) is 4.12. The van der Waals surface area contributed by atoms with E-state index in [-0.39, 0.29) is 0 Å². The maximum atomic E-state index is 8.91. The first-order valence-electron chi connectivity index (χ1n) is 9.71. The van der Waals surface area contributed by atoms with Crippen molar-refractivity contribution in [2.24, 2.45) is 5.92 Å². The van der Waals surface area contributed by atoms with Crippen LogP contribution in [0.1, 0.15) is 62.3 Å². The largest absolute Gasteiger partial charge is 0.300 e. The van der Waals surface area contributed by atoms with E-state index in [2.05, 4.69) is 41.4 Å². The van der Waals surface area contributed by atoms with Crippen LogP contribution in [-0.2, 0) is 12.8 Å². The lowest BCUT2D eigenvalue weighted by Gasteiger charge is -2.19. The molecule has 0 bridgehead atoms. The Hall–Kier alpha value is -2.42. The summed E-state index contributed by atoms with van der Waals surface area (Å²) in [6, 6.07) is 6.63. The number of hydrogen-bond acceptors (Lipinski definition) is 2. The quantitative estimate of drug-likeness (QED) is 0.518. The van der Waals surface area contributed by atoms with Crippen molar-refractivity contribution in [3.8, 4) is 0 Å². The second-order valence-corrected chi connectivity index (χ2v) is 7.08. The number of benzene rings is 1. The van der Waals surface area contributed by atoms with Crippen LogP contribution in [0.5, 0.6) is 0 Å². The van der Waals surface area contributed by atoms with Gasteiger partial charge in [0.2, 0.25) is 0 Å². The minimum absolute atomic E-state index is 0.571. The Morgan fingerprint density at radius 2 is 2.08 bits per heavy atom. The molecule has 1 unspecified atom stereocenters. The summed E-state index contributed by atoms with van der Waals surface area (Å²) in [5.74, 6) is 0.750. The van der Waals surface area contributed by atoms with Crippen molar-refractivity contribution >= 4 is 16.9 Å². The minimum Gasteiger partial charge on any atom is -0.300 e. The Labute approximate surface area is 156 Å². The van der Waals surface area contributed by atoms with Crippen LogP contribution in [0, 0.1) is 11.3 Å². The number of H-pyrrole nitrogens is 1. The summed E-state index contributed by atoms with van der Waals surface area (Å²) in [5.41, 5.74) is 7.64. The van der Waals surface area contributed by atoms with Crippen molar-refractivity contribution in [3.63, 3.8) is 0 Å². The van der Waals surface area contributed by atoms with Gasteiger partial charge >= 0.3 is 0 Å². The first-order valence-corrected chi connectivity index (χ1v) is 9.71. The molecule has 0 amide bonds. The van der Waals surface area contributed by atoms with Gasteiger partial charge in [-0.05, 0) is 62.1 Å². The lowest BCUT2D eigenvalue weighted by Crippen LogP contribution is -2.09. The molecule has 1 aliphatic carbocycles. The summed E-state index contributed by atoms with van der Waals surface area (Å²) in [5, 5.41) is 15.8. The minimum atomic E-state index is 0.571. The van der Waals surface area contributed by atoms with Gasteiger partial charge in [-0.15, -0.1) is 0 Å². The molecule has 1 aromatic heterocycles. The van der Waals surface area contributed by atoms with Gasteiger partial charge in [0.15, 0.2) is 0 Å². The van der Waals surface area contributed by atoms with Crippen LogP contribution < -0.4 is 0 Å². The van der Waals surface area contributed by atoms with Gasteiger partial charge in [0, 0.05) is 22.9 Å². The van der Waals surface area contributed by atoms with E-state index >= 15 is 0 Å². The van der Waals surface area contributed by atoms with Crippen LogP contribution >= 0.6 is 0 Å². The summed E-state index contributed by atoms with van der Waals surface area (Å²) in [7, 11) is 0. The molecule has 3 nitrogen and oxygen atoms in total. The molecule has 0 saturated heterocycles. The van der Waals surface area contributed by atoms with Crippen molar-refractivity contribution in [3.05, 3.63) is 65.0 Å². The highest BCUT2D eigenvalue weighted by Crippen LogP contribution is 2.34. The molecule has 3 heteroatoms. The van der Waals surface area contributed by atoms with Gasteiger partial charge in [-0.2, -0.15) is 5.10 Å². The number of fused-ring (bicyclic) bond motifs is 1. The normalized spacial score (nSPS) is 18.3. The highest BCUT2D eigenvalue weighted by atomic mass is 15.1. The van der Waals surface area contributed by atoms with E-state index < -0.39 is 0 Å². The number of nitrogens with one attached hydrogen (secondary N) is 2. The standard InChI is InChI=1S/C23H29N3/c1-4-16-9-7-10-17-11-8-12-21(22(17)13-16)20(6-3)23(24)19(5-2)18-14-25-26-15-18/h5-6,8,11-12,14-16,24H,4,7,9-10,13H2,1-3H3,(H,25,26)/b19-5-,20-6+,24-23?. The zero-order valence-corrected chi connectivity index (χ0v) is 16.1. The Balaban J connectivity index is 2.03. The number of nitrogens with zero attached hydrogens (tertiary/aromatic N) is 1. The van der Waals surface area contributed by atoms with E-state index in [1.165, 1.54) is 36.0 Å². The topological polar surface area (TPSA) is 52.5 Å². The lowest BCUT2D eigenvalue weighted by molar-refractivity contribution is 0.466. The van der Waals surface area contributed by atoms with E-state index in [9.17, 15) is 0 Å². The molecule has 2 N–H and O–H groups in total. The van der Waals surface area contributed by atoms with Crippen molar-refractivity contribution < 1.29 is 0 Å². The third-order valence-electron chi connectivity index (χ3n) is 5.62. The first kappa shape index (κ1) is 18.4. The van der Waals surface area contributed by atoms with Gasteiger partial charge in [0.1, 0.15) is 0 Å². The van der Waals surface area contributed by atoms with E-state index in [1.807, 2.05) is 26.1 Å². The molecule has 0 radical (unpaired) electrons. The summed E-state index contributed by atoms with van der Waals surface area (Å²) in [6.07, 6.45) is 13.8. The predicted octanol–water partition coefficient (Wildman–Crippen LogP) is 5.84. The van der Waals surface area contributed by atoms with Gasteiger partial charge in [0.25, 0.3) is 0 Å². The SMILES string of the molecule is C/C=C(\C(=N)/C(=C/C)c1cccc2c1CC(CC)CCC2)c1cn[nH]c1. The zero-order chi connectivity index (χ0) is 18.5. The molecule has 0 aliphatic heterocycles. The first-order chi connectivity index (χ1) is 12.7. The zero-order valence-electron chi connectivity index (χ0n) is 16.1.